The summed E-state index contributed by atoms with van der Waals surface area (Å²) in [5.41, 5.74) is 1.10. The van der Waals surface area contributed by atoms with E-state index in [1.165, 1.54) is 0 Å². The standard InChI is InChI=1S/C15H18N2O2/c1-16(15(19)17-10-3-2-4-11-17)12-9-13-5-7-14(18)8-6-13/h3-8,10-11,18H,2,9,12H2,1H3. The van der Waals surface area contributed by atoms with Gasteiger partial charge in [-0.15, -0.1) is 0 Å². The molecule has 0 aliphatic carbocycles. The molecule has 1 aromatic rings. The fraction of sp³-hybridized carbons (Fsp3) is 0.267. The van der Waals surface area contributed by atoms with Crippen LogP contribution in [0.1, 0.15) is 12.0 Å². The number of hydrogen-bond donors (Lipinski definition) is 1. The molecular formula is C15H18N2O2. The van der Waals surface area contributed by atoms with Gasteiger partial charge in [-0.2, -0.15) is 0 Å². The Morgan fingerprint density at radius 2 is 1.89 bits per heavy atom. The Morgan fingerprint density at radius 3 is 2.53 bits per heavy atom. The van der Waals surface area contributed by atoms with Crippen molar-refractivity contribution in [2.75, 3.05) is 13.6 Å². The Labute approximate surface area is 113 Å². The number of likely N-dealkylation sites (N-methyl/N-ethyl adjacent to an activating group) is 1. The van der Waals surface area contributed by atoms with Crippen LogP contribution in [0.25, 0.3) is 0 Å². The van der Waals surface area contributed by atoms with Crippen LogP contribution in [-0.2, 0) is 6.42 Å². The third-order valence-corrected chi connectivity index (χ3v) is 3.02. The van der Waals surface area contributed by atoms with Gasteiger partial charge in [0.2, 0.25) is 0 Å². The minimum absolute atomic E-state index is 0.0361. The van der Waals surface area contributed by atoms with Gasteiger partial charge in [-0.1, -0.05) is 24.3 Å². The smallest absolute Gasteiger partial charge is 0.327 e. The zero-order valence-corrected chi connectivity index (χ0v) is 11.0. The van der Waals surface area contributed by atoms with E-state index in [0.717, 1.165) is 18.4 Å². The molecule has 2 rings (SSSR count). The number of phenolic OH excluding ortho intramolecular Hbond substituents is 1. The monoisotopic (exact) mass is 258 g/mol. The lowest BCUT2D eigenvalue weighted by Crippen LogP contribution is -2.36. The number of rotatable bonds is 3. The van der Waals surface area contributed by atoms with Crippen molar-refractivity contribution in [3.63, 3.8) is 0 Å². The number of carbonyl (C=O) groups excluding carboxylic acids is 1. The van der Waals surface area contributed by atoms with Gasteiger partial charge in [0, 0.05) is 26.0 Å². The fourth-order valence-corrected chi connectivity index (χ4v) is 1.86. The molecule has 2 amide bonds. The summed E-state index contributed by atoms with van der Waals surface area (Å²) in [5.74, 6) is 0.261. The van der Waals surface area contributed by atoms with Crippen LogP contribution in [0.4, 0.5) is 4.79 Å². The molecular weight excluding hydrogens is 240 g/mol. The second-order valence-corrected chi connectivity index (χ2v) is 4.53. The number of amides is 2. The summed E-state index contributed by atoms with van der Waals surface area (Å²) in [6, 6.07) is 7.02. The molecule has 1 aliphatic heterocycles. The summed E-state index contributed by atoms with van der Waals surface area (Å²) < 4.78 is 0. The average Bonchev–Trinajstić information content (AvgIpc) is 2.46. The van der Waals surface area contributed by atoms with Gasteiger partial charge in [0.05, 0.1) is 0 Å². The van der Waals surface area contributed by atoms with Crippen LogP contribution in [0.2, 0.25) is 0 Å². The largest absolute Gasteiger partial charge is 0.508 e. The maximum atomic E-state index is 12.1. The number of nitrogens with zero attached hydrogens (tertiary/aromatic N) is 2. The normalized spacial score (nSPS) is 13.6. The molecule has 0 atom stereocenters. The highest BCUT2D eigenvalue weighted by molar-refractivity contribution is 5.76. The Morgan fingerprint density at radius 1 is 1.26 bits per heavy atom. The molecule has 4 nitrogen and oxygen atoms in total. The number of urea groups is 1. The number of carbonyl (C=O) groups is 1. The van der Waals surface area contributed by atoms with Gasteiger partial charge >= 0.3 is 6.03 Å². The van der Waals surface area contributed by atoms with Gasteiger partial charge in [-0.25, -0.2) is 4.79 Å². The molecule has 0 unspecified atom stereocenters. The van der Waals surface area contributed by atoms with Crippen LogP contribution >= 0.6 is 0 Å². The molecule has 0 aromatic heterocycles. The molecule has 4 heteroatoms. The Balaban J connectivity index is 1.86. The quantitative estimate of drug-likeness (QED) is 0.906. The highest BCUT2D eigenvalue weighted by atomic mass is 16.3. The number of aromatic hydroxyl groups is 1. The van der Waals surface area contributed by atoms with E-state index in [0.29, 0.717) is 6.54 Å². The average molecular weight is 258 g/mol. The van der Waals surface area contributed by atoms with Gasteiger partial charge < -0.3 is 10.0 Å². The van der Waals surface area contributed by atoms with Crippen LogP contribution in [0.5, 0.6) is 5.75 Å². The first-order chi connectivity index (χ1) is 9.16. The van der Waals surface area contributed by atoms with E-state index in [2.05, 4.69) is 0 Å². The van der Waals surface area contributed by atoms with Crippen molar-refractivity contribution in [1.29, 1.82) is 0 Å². The third-order valence-electron chi connectivity index (χ3n) is 3.02. The summed E-state index contributed by atoms with van der Waals surface area (Å²) in [6.07, 6.45) is 9.13. The molecule has 0 fully saturated rings. The van der Waals surface area contributed by atoms with Crippen molar-refractivity contribution in [3.05, 3.63) is 54.4 Å². The van der Waals surface area contributed by atoms with Crippen molar-refractivity contribution >= 4 is 6.03 Å². The number of allylic oxidation sites excluding steroid dienone is 2. The molecule has 1 heterocycles. The van der Waals surface area contributed by atoms with Crippen LogP contribution < -0.4 is 0 Å². The lowest BCUT2D eigenvalue weighted by Gasteiger charge is -2.24. The molecule has 1 aliphatic rings. The summed E-state index contributed by atoms with van der Waals surface area (Å²) >= 11 is 0. The first-order valence-electron chi connectivity index (χ1n) is 6.31. The zero-order chi connectivity index (χ0) is 13.7. The van der Waals surface area contributed by atoms with Crippen LogP contribution in [-0.4, -0.2) is 34.5 Å². The van der Waals surface area contributed by atoms with E-state index in [9.17, 15) is 9.90 Å². The van der Waals surface area contributed by atoms with Crippen LogP contribution in [0.3, 0.4) is 0 Å². The van der Waals surface area contributed by atoms with E-state index in [4.69, 9.17) is 0 Å². The van der Waals surface area contributed by atoms with E-state index in [1.54, 1.807) is 41.4 Å². The molecule has 1 N–H and O–H groups in total. The summed E-state index contributed by atoms with van der Waals surface area (Å²) in [5, 5.41) is 9.21. The first kappa shape index (κ1) is 13.2. The maximum absolute atomic E-state index is 12.1. The predicted octanol–water partition coefficient (Wildman–Crippen LogP) is 2.72. The number of phenols is 1. The van der Waals surface area contributed by atoms with E-state index in [1.807, 2.05) is 24.3 Å². The number of benzene rings is 1. The number of hydrogen-bond acceptors (Lipinski definition) is 2. The van der Waals surface area contributed by atoms with Gasteiger partial charge in [0.15, 0.2) is 0 Å². The summed E-state index contributed by atoms with van der Waals surface area (Å²) in [6.45, 7) is 0.641. The van der Waals surface area contributed by atoms with Gasteiger partial charge in [-0.3, -0.25) is 4.90 Å². The van der Waals surface area contributed by atoms with Crippen molar-refractivity contribution in [1.82, 2.24) is 9.80 Å². The van der Waals surface area contributed by atoms with Crippen molar-refractivity contribution < 1.29 is 9.90 Å². The molecule has 0 bridgehead atoms. The van der Waals surface area contributed by atoms with E-state index < -0.39 is 0 Å². The molecule has 0 saturated heterocycles. The molecule has 1 aromatic carbocycles. The van der Waals surface area contributed by atoms with E-state index in [-0.39, 0.29) is 11.8 Å². The molecule has 0 saturated carbocycles. The summed E-state index contributed by atoms with van der Waals surface area (Å²) in [7, 11) is 1.79. The second-order valence-electron chi connectivity index (χ2n) is 4.53. The van der Waals surface area contributed by atoms with E-state index >= 15 is 0 Å². The van der Waals surface area contributed by atoms with Gasteiger partial charge in [0.1, 0.15) is 5.75 Å². The van der Waals surface area contributed by atoms with Crippen LogP contribution in [0.15, 0.2) is 48.8 Å². The Bertz CT molecular complexity index is 479. The fourth-order valence-electron chi connectivity index (χ4n) is 1.86. The Kier molecular flexibility index (Phi) is 4.23. The minimum Gasteiger partial charge on any atom is -0.508 e. The highest BCUT2D eigenvalue weighted by Gasteiger charge is 2.14. The lowest BCUT2D eigenvalue weighted by atomic mass is 10.1. The van der Waals surface area contributed by atoms with Crippen molar-refractivity contribution in [2.45, 2.75) is 12.8 Å². The van der Waals surface area contributed by atoms with Gasteiger partial charge in [-0.05, 0) is 30.5 Å². The molecule has 0 spiro atoms. The van der Waals surface area contributed by atoms with Crippen molar-refractivity contribution in [2.24, 2.45) is 0 Å². The Hall–Kier alpha value is -2.23. The zero-order valence-electron chi connectivity index (χ0n) is 11.0. The molecule has 100 valence electrons. The molecule has 19 heavy (non-hydrogen) atoms. The van der Waals surface area contributed by atoms with Gasteiger partial charge in [0.25, 0.3) is 0 Å². The SMILES string of the molecule is CN(CCc1ccc(O)cc1)C(=O)N1C=CCC=C1. The predicted molar refractivity (Wildman–Crippen MR) is 74.6 cm³/mol. The lowest BCUT2D eigenvalue weighted by molar-refractivity contribution is 0.192. The summed E-state index contributed by atoms with van der Waals surface area (Å²) in [4.78, 5) is 15.4. The van der Waals surface area contributed by atoms with Crippen LogP contribution in [0, 0.1) is 0 Å². The third kappa shape index (κ3) is 3.61. The minimum atomic E-state index is -0.0361. The topological polar surface area (TPSA) is 43.8 Å². The molecule has 0 radical (unpaired) electrons. The highest BCUT2D eigenvalue weighted by Crippen LogP contribution is 2.11. The second kappa shape index (κ2) is 6.09. The maximum Gasteiger partial charge on any atom is 0.327 e. The van der Waals surface area contributed by atoms with Crippen molar-refractivity contribution in [3.8, 4) is 5.75 Å². The first-order valence-corrected chi connectivity index (χ1v) is 6.31.